The largest absolute Gasteiger partial charge is 0.495 e. The Morgan fingerprint density at radius 1 is 0.968 bits per heavy atom. The lowest BCUT2D eigenvalue weighted by Gasteiger charge is -2.28. The van der Waals surface area contributed by atoms with E-state index in [1.165, 1.54) is 0 Å². The van der Waals surface area contributed by atoms with Crippen LogP contribution in [-0.4, -0.2) is 36.9 Å². The number of anilines is 2. The molecule has 2 N–H and O–H groups in total. The monoisotopic (exact) mass is 423 g/mol. The van der Waals surface area contributed by atoms with E-state index in [2.05, 4.69) is 10.6 Å². The molecular weight excluding hydrogens is 394 g/mol. The standard InChI is InChI=1S/C24H29N3O4/c1-24(2,3)26-23(30)17-10-8-16(9-11-17)22(29)25-18-12-13-20(31-4)19(15-18)27-14-6-5-7-21(27)28/h8-13,15H,5-7,14H2,1-4H3,(H,25,29)(H,26,30). The minimum atomic E-state index is -0.338. The van der Waals surface area contributed by atoms with Crippen LogP contribution < -0.4 is 20.3 Å². The van der Waals surface area contributed by atoms with Gasteiger partial charge in [-0.05, 0) is 76.1 Å². The Labute approximate surface area is 182 Å². The number of carbonyl (C=O) groups is 3. The van der Waals surface area contributed by atoms with Crippen molar-refractivity contribution in [1.82, 2.24) is 5.32 Å². The minimum absolute atomic E-state index is 0.0529. The molecule has 1 aliphatic heterocycles. The quantitative estimate of drug-likeness (QED) is 0.761. The number of amides is 3. The van der Waals surface area contributed by atoms with Gasteiger partial charge in [0.15, 0.2) is 0 Å². The molecule has 7 heteroatoms. The summed E-state index contributed by atoms with van der Waals surface area (Å²) >= 11 is 0. The highest BCUT2D eigenvalue weighted by Gasteiger charge is 2.23. The molecule has 0 spiro atoms. The summed E-state index contributed by atoms with van der Waals surface area (Å²) < 4.78 is 5.42. The Bertz CT molecular complexity index is 977. The van der Waals surface area contributed by atoms with Gasteiger partial charge in [0.25, 0.3) is 11.8 Å². The van der Waals surface area contributed by atoms with Crippen molar-refractivity contribution in [3.63, 3.8) is 0 Å². The number of methoxy groups -OCH3 is 1. The fourth-order valence-corrected chi connectivity index (χ4v) is 3.43. The molecule has 3 amide bonds. The van der Waals surface area contributed by atoms with Crippen molar-refractivity contribution in [2.24, 2.45) is 0 Å². The molecule has 7 nitrogen and oxygen atoms in total. The Morgan fingerprint density at radius 2 is 1.61 bits per heavy atom. The fraction of sp³-hybridized carbons (Fsp3) is 0.375. The maximum Gasteiger partial charge on any atom is 0.255 e. The van der Waals surface area contributed by atoms with E-state index >= 15 is 0 Å². The van der Waals surface area contributed by atoms with Crippen LogP contribution in [0.3, 0.4) is 0 Å². The molecule has 0 aromatic heterocycles. The van der Waals surface area contributed by atoms with Crippen LogP contribution in [0.2, 0.25) is 0 Å². The summed E-state index contributed by atoms with van der Waals surface area (Å²) in [4.78, 5) is 39.0. The summed E-state index contributed by atoms with van der Waals surface area (Å²) in [6.45, 7) is 6.36. The van der Waals surface area contributed by atoms with Gasteiger partial charge in [0.2, 0.25) is 5.91 Å². The van der Waals surface area contributed by atoms with Gasteiger partial charge in [0.1, 0.15) is 5.75 Å². The highest BCUT2D eigenvalue weighted by molar-refractivity contribution is 6.06. The Kier molecular flexibility index (Phi) is 6.63. The number of nitrogens with zero attached hydrogens (tertiary/aromatic N) is 1. The van der Waals surface area contributed by atoms with Gasteiger partial charge in [-0.15, -0.1) is 0 Å². The smallest absolute Gasteiger partial charge is 0.255 e. The molecule has 0 aliphatic carbocycles. The van der Waals surface area contributed by atoms with Crippen molar-refractivity contribution in [3.05, 3.63) is 53.6 Å². The van der Waals surface area contributed by atoms with Gasteiger partial charge in [-0.3, -0.25) is 14.4 Å². The first-order chi connectivity index (χ1) is 14.7. The van der Waals surface area contributed by atoms with Crippen LogP contribution in [0.5, 0.6) is 5.75 Å². The summed E-state index contributed by atoms with van der Waals surface area (Å²) in [5, 5.41) is 5.75. The maximum absolute atomic E-state index is 12.7. The maximum atomic E-state index is 12.7. The molecule has 0 unspecified atom stereocenters. The minimum Gasteiger partial charge on any atom is -0.495 e. The van der Waals surface area contributed by atoms with Gasteiger partial charge in [-0.1, -0.05) is 0 Å². The predicted molar refractivity (Wildman–Crippen MR) is 121 cm³/mol. The Morgan fingerprint density at radius 3 is 2.19 bits per heavy atom. The number of nitrogens with one attached hydrogen (secondary N) is 2. The van der Waals surface area contributed by atoms with Gasteiger partial charge < -0.3 is 20.3 Å². The molecule has 1 heterocycles. The van der Waals surface area contributed by atoms with E-state index in [1.54, 1.807) is 54.5 Å². The van der Waals surface area contributed by atoms with Crippen molar-refractivity contribution >= 4 is 29.1 Å². The van der Waals surface area contributed by atoms with Crippen LogP contribution in [0, 0.1) is 0 Å². The van der Waals surface area contributed by atoms with Crippen molar-refractivity contribution in [1.29, 1.82) is 0 Å². The van der Waals surface area contributed by atoms with Gasteiger partial charge in [-0.2, -0.15) is 0 Å². The van der Waals surface area contributed by atoms with Crippen LogP contribution in [0.25, 0.3) is 0 Å². The molecule has 0 atom stereocenters. The van der Waals surface area contributed by atoms with E-state index < -0.39 is 0 Å². The average molecular weight is 424 g/mol. The summed E-state index contributed by atoms with van der Waals surface area (Å²) in [6, 6.07) is 11.7. The SMILES string of the molecule is COc1ccc(NC(=O)c2ccc(C(=O)NC(C)(C)C)cc2)cc1N1CCCCC1=O. The molecule has 0 radical (unpaired) electrons. The second kappa shape index (κ2) is 9.20. The first-order valence-corrected chi connectivity index (χ1v) is 10.4. The van der Waals surface area contributed by atoms with Crippen molar-refractivity contribution in [3.8, 4) is 5.75 Å². The number of ether oxygens (including phenoxy) is 1. The lowest BCUT2D eigenvalue weighted by Crippen LogP contribution is -2.40. The highest BCUT2D eigenvalue weighted by Crippen LogP contribution is 2.33. The van der Waals surface area contributed by atoms with Crippen molar-refractivity contribution in [2.45, 2.75) is 45.6 Å². The number of rotatable bonds is 5. The molecule has 2 aromatic rings. The molecule has 2 aromatic carbocycles. The first-order valence-electron chi connectivity index (χ1n) is 10.4. The summed E-state index contributed by atoms with van der Waals surface area (Å²) in [6.07, 6.45) is 2.33. The van der Waals surface area contributed by atoms with Gasteiger partial charge in [0, 0.05) is 35.3 Å². The number of hydrogen-bond acceptors (Lipinski definition) is 4. The van der Waals surface area contributed by atoms with E-state index in [-0.39, 0.29) is 23.3 Å². The van der Waals surface area contributed by atoms with E-state index in [1.807, 2.05) is 20.8 Å². The summed E-state index contributed by atoms with van der Waals surface area (Å²) in [7, 11) is 1.56. The van der Waals surface area contributed by atoms with Crippen LogP contribution in [0.15, 0.2) is 42.5 Å². The number of carbonyl (C=O) groups excluding carboxylic acids is 3. The third-order valence-electron chi connectivity index (χ3n) is 4.95. The average Bonchev–Trinajstić information content (AvgIpc) is 2.73. The van der Waals surface area contributed by atoms with Crippen LogP contribution in [0.1, 0.15) is 60.7 Å². The third kappa shape index (κ3) is 5.63. The van der Waals surface area contributed by atoms with Gasteiger partial charge in [0.05, 0.1) is 12.8 Å². The molecule has 31 heavy (non-hydrogen) atoms. The summed E-state index contributed by atoms with van der Waals surface area (Å²) in [5.74, 6) is 0.147. The summed E-state index contributed by atoms with van der Waals surface area (Å²) in [5.41, 5.74) is 1.79. The second-order valence-corrected chi connectivity index (χ2v) is 8.62. The molecule has 0 saturated carbocycles. The van der Waals surface area contributed by atoms with Gasteiger partial charge in [-0.25, -0.2) is 0 Å². The molecule has 3 rings (SSSR count). The molecule has 0 bridgehead atoms. The van der Waals surface area contributed by atoms with E-state index in [0.29, 0.717) is 41.2 Å². The molecule has 1 fully saturated rings. The third-order valence-corrected chi connectivity index (χ3v) is 4.95. The first kappa shape index (κ1) is 22.3. The fourth-order valence-electron chi connectivity index (χ4n) is 3.43. The zero-order valence-corrected chi connectivity index (χ0v) is 18.5. The molecular formula is C24H29N3O4. The number of hydrogen-bond donors (Lipinski definition) is 2. The van der Waals surface area contributed by atoms with Crippen LogP contribution in [0.4, 0.5) is 11.4 Å². The van der Waals surface area contributed by atoms with Crippen molar-refractivity contribution < 1.29 is 19.1 Å². The number of benzene rings is 2. The molecule has 164 valence electrons. The zero-order valence-electron chi connectivity index (χ0n) is 18.5. The lowest BCUT2D eigenvalue weighted by atomic mass is 10.1. The Balaban J connectivity index is 1.75. The normalized spacial score (nSPS) is 14.2. The zero-order chi connectivity index (χ0) is 22.6. The van der Waals surface area contributed by atoms with Crippen LogP contribution in [-0.2, 0) is 4.79 Å². The van der Waals surface area contributed by atoms with Crippen LogP contribution >= 0.6 is 0 Å². The topological polar surface area (TPSA) is 87.7 Å². The lowest BCUT2D eigenvalue weighted by molar-refractivity contribution is -0.119. The number of piperidine rings is 1. The Hall–Kier alpha value is -3.35. The van der Waals surface area contributed by atoms with E-state index in [0.717, 1.165) is 12.8 Å². The highest BCUT2D eigenvalue weighted by atomic mass is 16.5. The van der Waals surface area contributed by atoms with E-state index in [9.17, 15) is 14.4 Å². The predicted octanol–water partition coefficient (Wildman–Crippen LogP) is 3.99. The molecule has 1 saturated heterocycles. The molecule has 1 aliphatic rings. The van der Waals surface area contributed by atoms with E-state index in [4.69, 9.17) is 4.74 Å². The second-order valence-electron chi connectivity index (χ2n) is 8.62. The van der Waals surface area contributed by atoms with Gasteiger partial charge >= 0.3 is 0 Å². The van der Waals surface area contributed by atoms with Crippen molar-refractivity contribution in [2.75, 3.05) is 23.9 Å².